The molecule has 0 saturated heterocycles. The average Bonchev–Trinajstić information content (AvgIpc) is 2.86. The molecule has 108 valence electrons. The number of fused-ring (bicyclic) bond motifs is 1. The predicted octanol–water partition coefficient (Wildman–Crippen LogP) is 4.04. The highest BCUT2D eigenvalue weighted by molar-refractivity contribution is 6.20. The van der Waals surface area contributed by atoms with Gasteiger partial charge in [0.2, 0.25) is 0 Å². The molecule has 0 amide bonds. The maximum absolute atomic E-state index is 6.32. The van der Waals surface area contributed by atoms with E-state index in [2.05, 4.69) is 32.5 Å². The zero-order valence-corrected chi connectivity index (χ0v) is 13.0. The smallest absolute Gasteiger partial charge is 0.160 e. The minimum atomic E-state index is -0.182. The summed E-state index contributed by atoms with van der Waals surface area (Å²) in [6.07, 6.45) is 3.64. The molecule has 3 aromatic heterocycles. The fraction of sp³-hybridized carbons (Fsp3) is 0.312. The van der Waals surface area contributed by atoms with Crippen LogP contribution in [0.25, 0.3) is 11.2 Å². The van der Waals surface area contributed by atoms with Crippen molar-refractivity contribution < 1.29 is 0 Å². The molecule has 0 aliphatic rings. The number of hydrogen-bond donors (Lipinski definition) is 0. The molecule has 0 aromatic carbocycles. The van der Waals surface area contributed by atoms with Gasteiger partial charge in [-0.25, -0.2) is 9.97 Å². The van der Waals surface area contributed by atoms with Crippen LogP contribution in [0.5, 0.6) is 0 Å². The maximum atomic E-state index is 6.32. The number of aryl methyl sites for hydroxylation is 1. The highest BCUT2D eigenvalue weighted by Gasteiger charge is 2.21. The molecular weight excluding hydrogens is 284 g/mol. The number of alkyl halides is 1. The van der Waals surface area contributed by atoms with Crippen LogP contribution >= 0.6 is 11.6 Å². The standard InChI is InChI=1S/C16H17ClN4/c1-10-6-7-14-16(19-10)21(15(20-14)11(2)17)12(3)13-5-4-8-18-9-13/h4-9,11-12H,1-3H3. The van der Waals surface area contributed by atoms with Gasteiger partial charge >= 0.3 is 0 Å². The first-order chi connectivity index (χ1) is 10.1. The summed E-state index contributed by atoms with van der Waals surface area (Å²) < 4.78 is 2.11. The molecule has 2 unspecified atom stereocenters. The van der Waals surface area contributed by atoms with Gasteiger partial charge in [-0.2, -0.15) is 0 Å². The van der Waals surface area contributed by atoms with Crippen LogP contribution in [-0.4, -0.2) is 19.5 Å². The van der Waals surface area contributed by atoms with E-state index in [1.165, 1.54) is 0 Å². The summed E-state index contributed by atoms with van der Waals surface area (Å²) in [6.45, 7) is 6.03. The maximum Gasteiger partial charge on any atom is 0.160 e. The molecule has 0 aliphatic heterocycles. The Bertz CT molecular complexity index is 765. The van der Waals surface area contributed by atoms with Crippen LogP contribution in [0.15, 0.2) is 36.7 Å². The van der Waals surface area contributed by atoms with Gasteiger partial charge in [0.15, 0.2) is 5.65 Å². The van der Waals surface area contributed by atoms with Crippen LogP contribution in [-0.2, 0) is 0 Å². The Hall–Kier alpha value is -1.94. The minimum absolute atomic E-state index is 0.0780. The molecule has 0 fully saturated rings. The number of aromatic nitrogens is 4. The van der Waals surface area contributed by atoms with E-state index in [1.54, 1.807) is 6.20 Å². The van der Waals surface area contributed by atoms with Crippen LogP contribution in [0.4, 0.5) is 0 Å². The second kappa shape index (κ2) is 5.45. The number of halogens is 1. The van der Waals surface area contributed by atoms with Gasteiger partial charge in [-0.15, -0.1) is 11.6 Å². The molecule has 3 rings (SSSR count). The van der Waals surface area contributed by atoms with Crippen LogP contribution in [0, 0.1) is 6.92 Å². The predicted molar refractivity (Wildman–Crippen MR) is 84.6 cm³/mol. The first kappa shape index (κ1) is 14.0. The number of pyridine rings is 2. The first-order valence-electron chi connectivity index (χ1n) is 6.97. The lowest BCUT2D eigenvalue weighted by Crippen LogP contribution is -2.12. The van der Waals surface area contributed by atoms with Crippen molar-refractivity contribution in [2.45, 2.75) is 32.2 Å². The van der Waals surface area contributed by atoms with Gasteiger partial charge in [-0.3, -0.25) is 4.98 Å². The summed E-state index contributed by atoms with van der Waals surface area (Å²) in [7, 11) is 0. The lowest BCUT2D eigenvalue weighted by atomic mass is 10.1. The highest BCUT2D eigenvalue weighted by atomic mass is 35.5. The molecular formula is C16H17ClN4. The largest absolute Gasteiger partial charge is 0.304 e. The van der Waals surface area contributed by atoms with Crippen molar-refractivity contribution >= 4 is 22.8 Å². The Balaban J connectivity index is 2.24. The molecule has 0 spiro atoms. The molecule has 4 nitrogen and oxygen atoms in total. The van der Waals surface area contributed by atoms with E-state index in [4.69, 9.17) is 11.6 Å². The van der Waals surface area contributed by atoms with Gasteiger partial charge in [0.1, 0.15) is 11.3 Å². The van der Waals surface area contributed by atoms with Crippen LogP contribution in [0.1, 0.15) is 42.3 Å². The zero-order chi connectivity index (χ0) is 15.0. The Morgan fingerprint density at radius 3 is 2.62 bits per heavy atom. The lowest BCUT2D eigenvalue weighted by Gasteiger charge is -2.18. The second-order valence-electron chi connectivity index (χ2n) is 5.21. The molecule has 3 aromatic rings. The van der Waals surface area contributed by atoms with E-state index < -0.39 is 0 Å². The number of hydrogen-bond acceptors (Lipinski definition) is 3. The van der Waals surface area contributed by atoms with Gasteiger partial charge in [-0.1, -0.05) is 6.07 Å². The summed E-state index contributed by atoms with van der Waals surface area (Å²) in [6, 6.07) is 8.04. The highest BCUT2D eigenvalue weighted by Crippen LogP contribution is 2.30. The van der Waals surface area contributed by atoms with E-state index in [0.717, 1.165) is 28.2 Å². The van der Waals surface area contributed by atoms with Crippen molar-refractivity contribution in [2.24, 2.45) is 0 Å². The normalized spacial score (nSPS) is 14.3. The third kappa shape index (κ3) is 2.51. The van der Waals surface area contributed by atoms with Gasteiger partial charge in [0.25, 0.3) is 0 Å². The van der Waals surface area contributed by atoms with Crippen molar-refractivity contribution in [1.82, 2.24) is 19.5 Å². The van der Waals surface area contributed by atoms with E-state index in [9.17, 15) is 0 Å². The van der Waals surface area contributed by atoms with E-state index >= 15 is 0 Å². The fourth-order valence-corrected chi connectivity index (χ4v) is 2.67. The summed E-state index contributed by atoms with van der Waals surface area (Å²) >= 11 is 6.32. The average molecular weight is 301 g/mol. The van der Waals surface area contributed by atoms with Crippen LogP contribution in [0.2, 0.25) is 0 Å². The number of rotatable bonds is 3. The van der Waals surface area contributed by atoms with Crippen molar-refractivity contribution in [3.8, 4) is 0 Å². The van der Waals surface area contributed by atoms with Crippen molar-refractivity contribution in [2.75, 3.05) is 0 Å². The SMILES string of the molecule is Cc1ccc2nc(C(C)Cl)n(C(C)c3cccnc3)c2n1. The van der Waals surface area contributed by atoms with Gasteiger partial charge < -0.3 is 4.57 Å². The fourth-order valence-electron chi connectivity index (χ4n) is 2.52. The molecule has 3 heterocycles. The Kier molecular flexibility index (Phi) is 3.64. The monoisotopic (exact) mass is 300 g/mol. The van der Waals surface area contributed by atoms with E-state index in [0.29, 0.717) is 0 Å². The molecule has 5 heteroatoms. The molecule has 0 bridgehead atoms. The Morgan fingerprint density at radius 1 is 1.14 bits per heavy atom. The topological polar surface area (TPSA) is 43.6 Å². The quantitative estimate of drug-likeness (QED) is 0.686. The third-order valence-corrected chi connectivity index (χ3v) is 3.81. The van der Waals surface area contributed by atoms with Crippen molar-refractivity contribution in [3.63, 3.8) is 0 Å². The number of nitrogens with zero attached hydrogens (tertiary/aromatic N) is 4. The number of imidazole rings is 1. The minimum Gasteiger partial charge on any atom is -0.304 e. The molecule has 0 aliphatic carbocycles. The van der Waals surface area contributed by atoms with Crippen LogP contribution in [0.3, 0.4) is 0 Å². The first-order valence-corrected chi connectivity index (χ1v) is 7.41. The summed E-state index contributed by atoms with van der Waals surface area (Å²) in [5.74, 6) is 0.834. The zero-order valence-electron chi connectivity index (χ0n) is 12.3. The molecule has 0 radical (unpaired) electrons. The van der Waals surface area contributed by atoms with Gasteiger partial charge in [0.05, 0.1) is 11.4 Å². The molecule has 0 N–H and O–H groups in total. The van der Waals surface area contributed by atoms with E-state index in [-0.39, 0.29) is 11.4 Å². The Morgan fingerprint density at radius 2 is 1.95 bits per heavy atom. The molecule has 0 saturated carbocycles. The summed E-state index contributed by atoms with van der Waals surface area (Å²) in [5, 5.41) is -0.182. The van der Waals surface area contributed by atoms with Crippen LogP contribution < -0.4 is 0 Å². The second-order valence-corrected chi connectivity index (χ2v) is 5.87. The van der Waals surface area contributed by atoms with Crippen molar-refractivity contribution in [1.29, 1.82) is 0 Å². The van der Waals surface area contributed by atoms with Gasteiger partial charge in [-0.05, 0) is 44.5 Å². The lowest BCUT2D eigenvalue weighted by molar-refractivity contribution is 0.611. The summed E-state index contributed by atoms with van der Waals surface area (Å²) in [5.41, 5.74) is 3.82. The van der Waals surface area contributed by atoms with E-state index in [1.807, 2.05) is 38.2 Å². The Labute approximate surface area is 128 Å². The molecule has 21 heavy (non-hydrogen) atoms. The summed E-state index contributed by atoms with van der Waals surface area (Å²) in [4.78, 5) is 13.5. The van der Waals surface area contributed by atoms with Crippen molar-refractivity contribution in [3.05, 3.63) is 53.7 Å². The molecule has 2 atom stereocenters. The van der Waals surface area contributed by atoms with Gasteiger partial charge in [0, 0.05) is 18.1 Å². The third-order valence-electron chi connectivity index (χ3n) is 3.61.